The van der Waals surface area contributed by atoms with Crippen LogP contribution in [0.4, 0.5) is 0 Å². The van der Waals surface area contributed by atoms with Gasteiger partial charge in [0, 0.05) is 5.54 Å². The minimum atomic E-state index is 0.279. The fourth-order valence-corrected chi connectivity index (χ4v) is 4.15. The normalized spacial score (nSPS) is 32.7. The van der Waals surface area contributed by atoms with Gasteiger partial charge < -0.3 is 5.32 Å². The first kappa shape index (κ1) is 16.0. The highest BCUT2D eigenvalue weighted by molar-refractivity contribution is 4.98. The maximum Gasteiger partial charge on any atom is 0.0130 e. The summed E-state index contributed by atoms with van der Waals surface area (Å²) in [5.41, 5.74) is 1.56. The SMILES string of the molecule is CCC(C)(C)C1(C)CCNC(C)(C)CC(C)(C)C1. The lowest BCUT2D eigenvalue weighted by Gasteiger charge is -2.52. The van der Waals surface area contributed by atoms with Gasteiger partial charge in [-0.25, -0.2) is 0 Å². The summed E-state index contributed by atoms with van der Waals surface area (Å²) < 4.78 is 0. The molecule has 1 aliphatic rings. The van der Waals surface area contributed by atoms with Crippen molar-refractivity contribution in [3.8, 4) is 0 Å². The van der Waals surface area contributed by atoms with Crippen molar-refractivity contribution in [2.24, 2.45) is 16.2 Å². The highest BCUT2D eigenvalue weighted by Crippen LogP contribution is 2.53. The van der Waals surface area contributed by atoms with Crippen molar-refractivity contribution >= 4 is 0 Å². The Morgan fingerprint density at radius 1 is 1.00 bits per heavy atom. The van der Waals surface area contributed by atoms with Gasteiger partial charge in [0.25, 0.3) is 0 Å². The molecule has 0 aromatic carbocycles. The standard InChI is InChI=1S/C17H35N/c1-9-15(4,5)17(8)10-11-18-16(6,7)12-14(2,3)13-17/h18H,9-13H2,1-8H3. The average Bonchev–Trinajstić information content (AvgIpc) is 2.12. The molecule has 1 nitrogen and oxygen atoms in total. The van der Waals surface area contributed by atoms with Crippen LogP contribution in [-0.4, -0.2) is 12.1 Å². The van der Waals surface area contributed by atoms with Crippen LogP contribution in [-0.2, 0) is 0 Å². The molecule has 1 heteroatoms. The molecule has 1 rings (SSSR count). The van der Waals surface area contributed by atoms with Crippen molar-refractivity contribution in [1.29, 1.82) is 0 Å². The smallest absolute Gasteiger partial charge is 0.0130 e. The zero-order chi connectivity index (χ0) is 14.2. The van der Waals surface area contributed by atoms with E-state index in [0.717, 1.165) is 6.54 Å². The molecule has 1 aliphatic heterocycles. The monoisotopic (exact) mass is 253 g/mol. The molecule has 1 saturated heterocycles. The van der Waals surface area contributed by atoms with Crippen LogP contribution in [0.1, 0.15) is 81.1 Å². The second-order valence-corrected chi connectivity index (χ2v) is 8.88. The molecule has 0 radical (unpaired) electrons. The maximum atomic E-state index is 3.77. The Morgan fingerprint density at radius 2 is 1.56 bits per heavy atom. The zero-order valence-electron chi connectivity index (χ0n) is 14.0. The van der Waals surface area contributed by atoms with Gasteiger partial charge in [-0.05, 0) is 55.9 Å². The summed E-state index contributed by atoms with van der Waals surface area (Å²) in [7, 11) is 0. The van der Waals surface area contributed by atoms with Crippen LogP contribution < -0.4 is 5.32 Å². The maximum absolute atomic E-state index is 3.77. The summed E-state index contributed by atoms with van der Waals surface area (Å²) in [5, 5.41) is 3.77. The predicted octanol–water partition coefficient (Wildman–Crippen LogP) is 5.01. The van der Waals surface area contributed by atoms with Gasteiger partial charge in [0.1, 0.15) is 0 Å². The summed E-state index contributed by atoms with van der Waals surface area (Å²) in [4.78, 5) is 0. The number of rotatable bonds is 2. The molecule has 1 N–H and O–H groups in total. The highest BCUT2D eigenvalue weighted by Gasteiger charge is 2.45. The Hall–Kier alpha value is -0.0400. The lowest BCUT2D eigenvalue weighted by Crippen LogP contribution is -2.50. The highest BCUT2D eigenvalue weighted by atomic mass is 15.0. The van der Waals surface area contributed by atoms with Crippen molar-refractivity contribution in [3.63, 3.8) is 0 Å². The Balaban J connectivity index is 2.99. The Labute approximate surface area is 115 Å². The molecule has 18 heavy (non-hydrogen) atoms. The topological polar surface area (TPSA) is 12.0 Å². The molecule has 0 amide bonds. The molecule has 0 bridgehead atoms. The van der Waals surface area contributed by atoms with Crippen LogP contribution in [0.25, 0.3) is 0 Å². The second-order valence-electron chi connectivity index (χ2n) is 8.88. The molecule has 1 heterocycles. The molecule has 0 aromatic heterocycles. The van der Waals surface area contributed by atoms with E-state index in [1.54, 1.807) is 0 Å². The first-order valence-electron chi connectivity index (χ1n) is 7.68. The van der Waals surface area contributed by atoms with E-state index in [2.05, 4.69) is 60.7 Å². The summed E-state index contributed by atoms with van der Waals surface area (Å²) in [6, 6.07) is 0. The average molecular weight is 253 g/mol. The van der Waals surface area contributed by atoms with Gasteiger partial charge in [0.15, 0.2) is 0 Å². The number of hydrogen-bond acceptors (Lipinski definition) is 1. The molecule has 1 atom stereocenters. The van der Waals surface area contributed by atoms with Gasteiger partial charge in [-0.1, -0.05) is 48.0 Å². The molecule has 1 fully saturated rings. The molecule has 1 unspecified atom stereocenters. The fraction of sp³-hybridized carbons (Fsp3) is 1.00. The van der Waals surface area contributed by atoms with Crippen molar-refractivity contribution in [3.05, 3.63) is 0 Å². The second kappa shape index (κ2) is 4.81. The van der Waals surface area contributed by atoms with Crippen LogP contribution in [0.15, 0.2) is 0 Å². The third-order valence-corrected chi connectivity index (χ3v) is 5.59. The summed E-state index contributed by atoms with van der Waals surface area (Å²) in [5.74, 6) is 0. The van der Waals surface area contributed by atoms with E-state index in [-0.39, 0.29) is 5.54 Å². The van der Waals surface area contributed by atoms with Crippen molar-refractivity contribution in [2.75, 3.05) is 6.54 Å². The van der Waals surface area contributed by atoms with Crippen LogP contribution in [0, 0.1) is 16.2 Å². The van der Waals surface area contributed by atoms with Crippen LogP contribution in [0.2, 0.25) is 0 Å². The Kier molecular flexibility index (Phi) is 4.28. The van der Waals surface area contributed by atoms with E-state index in [9.17, 15) is 0 Å². The van der Waals surface area contributed by atoms with E-state index in [4.69, 9.17) is 0 Å². The minimum Gasteiger partial charge on any atom is -0.312 e. The number of hydrogen-bond donors (Lipinski definition) is 1. The van der Waals surface area contributed by atoms with Gasteiger partial charge >= 0.3 is 0 Å². The molecular weight excluding hydrogens is 218 g/mol. The van der Waals surface area contributed by atoms with E-state index in [0.29, 0.717) is 16.2 Å². The van der Waals surface area contributed by atoms with Crippen LogP contribution >= 0.6 is 0 Å². The Bertz CT molecular complexity index is 288. The molecular formula is C17H35N. The lowest BCUT2D eigenvalue weighted by molar-refractivity contribution is -0.00136. The van der Waals surface area contributed by atoms with E-state index in [1.807, 2.05) is 0 Å². The van der Waals surface area contributed by atoms with Crippen molar-refractivity contribution < 1.29 is 0 Å². The third-order valence-electron chi connectivity index (χ3n) is 5.59. The number of nitrogens with one attached hydrogen (secondary N) is 1. The lowest BCUT2D eigenvalue weighted by atomic mass is 9.56. The van der Waals surface area contributed by atoms with E-state index >= 15 is 0 Å². The van der Waals surface area contributed by atoms with E-state index < -0.39 is 0 Å². The molecule has 0 spiro atoms. The first-order chi connectivity index (χ1) is 7.93. The van der Waals surface area contributed by atoms with Gasteiger partial charge in [-0.3, -0.25) is 0 Å². The molecule has 0 aromatic rings. The summed E-state index contributed by atoms with van der Waals surface area (Å²) in [6.07, 6.45) is 5.16. The third kappa shape index (κ3) is 3.50. The molecule has 108 valence electrons. The van der Waals surface area contributed by atoms with Gasteiger partial charge in [-0.15, -0.1) is 0 Å². The zero-order valence-corrected chi connectivity index (χ0v) is 14.0. The van der Waals surface area contributed by atoms with Crippen molar-refractivity contribution in [1.82, 2.24) is 5.32 Å². The van der Waals surface area contributed by atoms with Gasteiger partial charge in [-0.2, -0.15) is 0 Å². The van der Waals surface area contributed by atoms with Crippen LogP contribution in [0.5, 0.6) is 0 Å². The van der Waals surface area contributed by atoms with Crippen molar-refractivity contribution in [2.45, 2.75) is 86.6 Å². The Morgan fingerprint density at radius 3 is 2.06 bits per heavy atom. The summed E-state index contributed by atoms with van der Waals surface area (Å²) >= 11 is 0. The quantitative estimate of drug-likeness (QED) is 0.729. The molecule has 0 saturated carbocycles. The first-order valence-corrected chi connectivity index (χ1v) is 7.68. The fourth-order valence-electron chi connectivity index (χ4n) is 4.15. The van der Waals surface area contributed by atoms with Gasteiger partial charge in [0.05, 0.1) is 0 Å². The van der Waals surface area contributed by atoms with Gasteiger partial charge in [0.2, 0.25) is 0 Å². The van der Waals surface area contributed by atoms with Crippen LogP contribution in [0.3, 0.4) is 0 Å². The van der Waals surface area contributed by atoms with E-state index in [1.165, 1.54) is 25.7 Å². The minimum absolute atomic E-state index is 0.279. The molecule has 0 aliphatic carbocycles. The predicted molar refractivity (Wildman–Crippen MR) is 81.9 cm³/mol. The summed E-state index contributed by atoms with van der Waals surface area (Å²) in [6.45, 7) is 20.5. The largest absolute Gasteiger partial charge is 0.312 e.